The molecule has 0 spiro atoms. The van der Waals surface area contributed by atoms with Crippen molar-refractivity contribution in [2.75, 3.05) is 19.1 Å². The molecule has 2 aromatic rings. The van der Waals surface area contributed by atoms with Gasteiger partial charge < -0.3 is 4.74 Å². The van der Waals surface area contributed by atoms with Crippen LogP contribution < -0.4 is 0 Å². The highest BCUT2D eigenvalue weighted by Crippen LogP contribution is 2.23. The van der Waals surface area contributed by atoms with E-state index in [-0.39, 0.29) is 0 Å². The van der Waals surface area contributed by atoms with Gasteiger partial charge in [-0.1, -0.05) is 11.6 Å². The number of ether oxygens (including phenoxy) is 1. The van der Waals surface area contributed by atoms with E-state index in [1.165, 1.54) is 0 Å². The molecule has 6 heteroatoms. The lowest BCUT2D eigenvalue weighted by atomic mass is 10.2. The van der Waals surface area contributed by atoms with Crippen LogP contribution in [0.2, 0.25) is 5.02 Å². The molecular weight excluding hydrogens is 374 g/mol. The molecule has 1 aromatic heterocycles. The van der Waals surface area contributed by atoms with Gasteiger partial charge in [0.05, 0.1) is 25.3 Å². The molecule has 0 bridgehead atoms. The van der Waals surface area contributed by atoms with Crippen molar-refractivity contribution in [2.45, 2.75) is 6.54 Å². The zero-order valence-corrected chi connectivity index (χ0v) is 12.7. The fourth-order valence-electron chi connectivity index (χ4n) is 1.59. The molecule has 0 fully saturated rings. The second-order valence-electron chi connectivity index (χ2n) is 3.48. The molecule has 0 N–H and O–H groups in total. The van der Waals surface area contributed by atoms with Gasteiger partial charge in [-0.15, -0.1) is 11.6 Å². The average molecular weight is 385 g/mol. The molecule has 0 amide bonds. The summed E-state index contributed by atoms with van der Waals surface area (Å²) in [6, 6.07) is 5.79. The van der Waals surface area contributed by atoms with Crippen molar-refractivity contribution < 1.29 is 4.74 Å². The van der Waals surface area contributed by atoms with Crippen molar-refractivity contribution in [3.63, 3.8) is 0 Å². The maximum absolute atomic E-state index is 5.97. The number of nitrogens with zero attached hydrogens (tertiary/aromatic N) is 2. The molecule has 0 aliphatic rings. The summed E-state index contributed by atoms with van der Waals surface area (Å²) < 4.78 is 8.24. The summed E-state index contributed by atoms with van der Waals surface area (Å²) in [4.78, 5) is 0. The Hall–Kier alpha value is -0.0400. The minimum Gasteiger partial charge on any atom is -0.378 e. The normalized spacial score (nSPS) is 11.2. The number of benzene rings is 1. The van der Waals surface area contributed by atoms with E-state index in [2.05, 4.69) is 27.7 Å². The van der Waals surface area contributed by atoms with E-state index in [1.54, 1.807) is 0 Å². The lowest BCUT2D eigenvalue weighted by Gasteiger charge is -2.04. The Morgan fingerprint density at radius 3 is 2.94 bits per heavy atom. The van der Waals surface area contributed by atoms with E-state index in [0.717, 1.165) is 26.2 Å². The molecule has 0 radical (unpaired) electrons. The smallest absolute Gasteiger partial charge is 0.131 e. The van der Waals surface area contributed by atoms with Crippen LogP contribution in [-0.2, 0) is 11.3 Å². The second kappa shape index (κ2) is 6.22. The molecular formula is C11H11Cl2IN2O. The number of hydrogen-bond donors (Lipinski definition) is 0. The summed E-state index contributed by atoms with van der Waals surface area (Å²) in [6.45, 7) is 1.91. The summed E-state index contributed by atoms with van der Waals surface area (Å²) in [5.41, 5.74) is 1.08. The van der Waals surface area contributed by atoms with Gasteiger partial charge in [0.1, 0.15) is 3.70 Å². The van der Waals surface area contributed by atoms with Crippen LogP contribution in [0.15, 0.2) is 18.2 Å². The van der Waals surface area contributed by atoms with Gasteiger partial charge >= 0.3 is 0 Å². The molecule has 0 aliphatic heterocycles. The number of hydrogen-bond acceptors (Lipinski definition) is 2. The van der Waals surface area contributed by atoms with Crippen LogP contribution in [0.3, 0.4) is 0 Å². The summed E-state index contributed by atoms with van der Waals surface area (Å²) in [6.07, 6.45) is 0. The highest BCUT2D eigenvalue weighted by atomic mass is 127. The third-order valence-corrected chi connectivity index (χ3v) is 3.52. The largest absolute Gasteiger partial charge is 0.378 e. The highest BCUT2D eigenvalue weighted by Gasteiger charge is 2.08. The molecule has 0 unspecified atom stereocenters. The van der Waals surface area contributed by atoms with Crippen LogP contribution in [-0.4, -0.2) is 28.9 Å². The maximum Gasteiger partial charge on any atom is 0.131 e. The average Bonchev–Trinajstić information content (AvgIpc) is 2.62. The fraction of sp³-hybridized carbons (Fsp3) is 0.364. The van der Waals surface area contributed by atoms with Crippen LogP contribution in [0.5, 0.6) is 0 Å². The molecule has 1 aromatic carbocycles. The van der Waals surface area contributed by atoms with Crippen LogP contribution in [0.25, 0.3) is 10.9 Å². The molecule has 17 heavy (non-hydrogen) atoms. The standard InChI is InChI=1S/C11H11Cl2IN2O/c12-3-5-17-6-4-16-10-2-1-8(13)7-9(10)11(14)15-16/h1-2,7H,3-6H2. The number of aromatic nitrogens is 2. The molecule has 0 saturated heterocycles. The Kier molecular flexibility index (Phi) is 4.90. The van der Waals surface area contributed by atoms with Gasteiger partial charge in [-0.2, -0.15) is 5.10 Å². The summed E-state index contributed by atoms with van der Waals surface area (Å²) >= 11 is 13.7. The van der Waals surface area contributed by atoms with Crippen molar-refractivity contribution in [3.8, 4) is 0 Å². The maximum atomic E-state index is 5.97. The lowest BCUT2D eigenvalue weighted by Crippen LogP contribution is -2.08. The van der Waals surface area contributed by atoms with Gasteiger partial charge in [0, 0.05) is 16.3 Å². The van der Waals surface area contributed by atoms with Crippen molar-refractivity contribution >= 4 is 56.7 Å². The second-order valence-corrected chi connectivity index (χ2v) is 5.31. The number of halogens is 3. The Balaban J connectivity index is 2.17. The molecule has 1 heterocycles. The Morgan fingerprint density at radius 1 is 1.35 bits per heavy atom. The molecule has 0 atom stereocenters. The Labute approximate surface area is 123 Å². The minimum atomic E-state index is 0.521. The topological polar surface area (TPSA) is 27.1 Å². The van der Waals surface area contributed by atoms with E-state index in [0.29, 0.717) is 19.1 Å². The number of fused-ring (bicyclic) bond motifs is 1. The fourth-order valence-corrected chi connectivity index (χ4v) is 2.56. The van der Waals surface area contributed by atoms with Crippen molar-refractivity contribution in [3.05, 3.63) is 26.9 Å². The lowest BCUT2D eigenvalue weighted by molar-refractivity contribution is 0.139. The number of alkyl halides is 1. The van der Waals surface area contributed by atoms with E-state index in [9.17, 15) is 0 Å². The van der Waals surface area contributed by atoms with E-state index in [1.807, 2.05) is 22.9 Å². The highest BCUT2D eigenvalue weighted by molar-refractivity contribution is 14.1. The monoisotopic (exact) mass is 384 g/mol. The molecule has 3 nitrogen and oxygen atoms in total. The first kappa shape index (κ1) is 13.4. The van der Waals surface area contributed by atoms with Gasteiger partial charge in [-0.25, -0.2) is 0 Å². The van der Waals surface area contributed by atoms with Gasteiger partial charge in [-0.05, 0) is 40.8 Å². The Bertz CT molecular complexity index is 515. The van der Waals surface area contributed by atoms with Gasteiger partial charge in [-0.3, -0.25) is 4.68 Å². The third-order valence-electron chi connectivity index (χ3n) is 2.34. The van der Waals surface area contributed by atoms with E-state index in [4.69, 9.17) is 27.9 Å². The zero-order chi connectivity index (χ0) is 12.3. The predicted octanol–water partition coefficient (Wildman–Crippen LogP) is 3.55. The van der Waals surface area contributed by atoms with E-state index >= 15 is 0 Å². The van der Waals surface area contributed by atoms with Crippen LogP contribution >= 0.6 is 45.8 Å². The Morgan fingerprint density at radius 2 is 2.18 bits per heavy atom. The van der Waals surface area contributed by atoms with E-state index < -0.39 is 0 Å². The molecule has 0 saturated carbocycles. The first-order chi connectivity index (χ1) is 8.22. The van der Waals surface area contributed by atoms with Crippen LogP contribution in [0.4, 0.5) is 0 Å². The van der Waals surface area contributed by atoms with Gasteiger partial charge in [0.2, 0.25) is 0 Å². The molecule has 0 aliphatic carbocycles. The van der Waals surface area contributed by atoms with Crippen LogP contribution in [0.1, 0.15) is 0 Å². The third kappa shape index (κ3) is 3.24. The van der Waals surface area contributed by atoms with Crippen molar-refractivity contribution in [2.24, 2.45) is 0 Å². The van der Waals surface area contributed by atoms with Crippen molar-refractivity contribution in [1.29, 1.82) is 0 Å². The summed E-state index contributed by atoms with van der Waals surface area (Å²) in [5.74, 6) is 0.521. The quantitative estimate of drug-likeness (QED) is 0.447. The first-order valence-electron chi connectivity index (χ1n) is 5.17. The zero-order valence-electron chi connectivity index (χ0n) is 9.00. The first-order valence-corrected chi connectivity index (χ1v) is 7.17. The predicted molar refractivity (Wildman–Crippen MR) is 79.0 cm³/mol. The molecule has 2 rings (SSSR count). The summed E-state index contributed by atoms with van der Waals surface area (Å²) in [5, 5.41) is 6.27. The number of rotatable bonds is 5. The van der Waals surface area contributed by atoms with Crippen LogP contribution in [0, 0.1) is 3.70 Å². The summed E-state index contributed by atoms with van der Waals surface area (Å²) in [7, 11) is 0. The van der Waals surface area contributed by atoms with Gasteiger partial charge in [0.15, 0.2) is 0 Å². The van der Waals surface area contributed by atoms with Gasteiger partial charge in [0.25, 0.3) is 0 Å². The SMILES string of the molecule is ClCCOCCn1nc(I)c2cc(Cl)ccc21. The minimum absolute atomic E-state index is 0.521. The molecule has 92 valence electrons. The van der Waals surface area contributed by atoms with Crippen molar-refractivity contribution in [1.82, 2.24) is 9.78 Å².